The van der Waals surface area contributed by atoms with Crippen molar-refractivity contribution in [3.63, 3.8) is 0 Å². The van der Waals surface area contributed by atoms with Crippen LogP contribution in [0.2, 0.25) is 0 Å². The third-order valence-electron chi connectivity index (χ3n) is 7.43. The lowest BCUT2D eigenvalue weighted by molar-refractivity contribution is -0.140. The van der Waals surface area contributed by atoms with E-state index in [9.17, 15) is 19.5 Å². The van der Waals surface area contributed by atoms with Crippen LogP contribution in [0.3, 0.4) is 0 Å². The van der Waals surface area contributed by atoms with Crippen molar-refractivity contribution in [1.29, 1.82) is 0 Å². The number of pyridine rings is 1. The summed E-state index contributed by atoms with van der Waals surface area (Å²) in [6, 6.07) is 1.72. The van der Waals surface area contributed by atoms with Crippen molar-refractivity contribution in [2.45, 2.75) is 97.4 Å². The van der Waals surface area contributed by atoms with E-state index in [4.69, 9.17) is 0 Å². The third kappa shape index (κ3) is 5.78. The summed E-state index contributed by atoms with van der Waals surface area (Å²) in [4.78, 5) is 37.8. The fourth-order valence-corrected chi connectivity index (χ4v) is 5.70. The number of amides is 1. The molecule has 2 fully saturated rings. The van der Waals surface area contributed by atoms with Gasteiger partial charge in [-0.25, -0.2) is 0 Å². The van der Waals surface area contributed by atoms with E-state index in [2.05, 4.69) is 12.2 Å². The molecule has 6 heteroatoms. The second-order valence-electron chi connectivity index (χ2n) is 9.77. The number of carboxylic acid groups (broad SMARTS) is 1. The zero-order chi connectivity index (χ0) is 22.4. The second kappa shape index (κ2) is 10.5. The molecule has 0 spiro atoms. The van der Waals surface area contributed by atoms with Gasteiger partial charge < -0.3 is 15.0 Å². The zero-order valence-corrected chi connectivity index (χ0v) is 19.2. The van der Waals surface area contributed by atoms with Gasteiger partial charge in [0, 0.05) is 18.8 Å². The Labute approximate surface area is 185 Å². The molecule has 0 radical (unpaired) electrons. The highest BCUT2D eigenvalue weighted by atomic mass is 16.4. The number of nitrogens with one attached hydrogen (secondary N) is 1. The van der Waals surface area contributed by atoms with Crippen molar-refractivity contribution in [3.05, 3.63) is 33.2 Å². The first-order chi connectivity index (χ1) is 14.8. The molecule has 2 N–H and O–H groups in total. The maximum Gasteiger partial charge on any atom is 0.303 e. The molecule has 1 heterocycles. The molecule has 2 aliphatic rings. The molecule has 1 aromatic heterocycles. The summed E-state index contributed by atoms with van der Waals surface area (Å²) in [6.07, 6.45) is 11.5. The van der Waals surface area contributed by atoms with Gasteiger partial charge in [0.05, 0.1) is 6.42 Å². The van der Waals surface area contributed by atoms with Gasteiger partial charge in [-0.05, 0) is 62.0 Å². The SMILES string of the molecule is CCc1c(C)cc(C(=O)NCC2(CC(=O)O)CCCCC2)c(=O)n1CC1CCCCC1. The topological polar surface area (TPSA) is 88.4 Å². The van der Waals surface area contributed by atoms with Crippen molar-refractivity contribution in [2.75, 3.05) is 6.54 Å². The van der Waals surface area contributed by atoms with Crippen LogP contribution in [0, 0.1) is 18.3 Å². The Balaban J connectivity index is 1.81. The molecule has 31 heavy (non-hydrogen) atoms. The highest BCUT2D eigenvalue weighted by Gasteiger charge is 2.35. The number of aromatic nitrogens is 1. The third-order valence-corrected chi connectivity index (χ3v) is 7.43. The fraction of sp³-hybridized carbons (Fsp3) is 0.720. The van der Waals surface area contributed by atoms with Crippen LogP contribution in [0.25, 0.3) is 0 Å². The molecule has 2 aliphatic carbocycles. The van der Waals surface area contributed by atoms with E-state index in [0.717, 1.165) is 62.6 Å². The number of hydrogen-bond donors (Lipinski definition) is 2. The molecular formula is C25H38N2O4. The Morgan fingerprint density at radius 2 is 1.77 bits per heavy atom. The molecular weight excluding hydrogens is 392 g/mol. The van der Waals surface area contributed by atoms with E-state index in [0.29, 0.717) is 19.0 Å². The van der Waals surface area contributed by atoms with Crippen molar-refractivity contribution >= 4 is 11.9 Å². The largest absolute Gasteiger partial charge is 0.481 e. The number of aliphatic carboxylic acids is 1. The van der Waals surface area contributed by atoms with Crippen LogP contribution in [0.4, 0.5) is 0 Å². The minimum Gasteiger partial charge on any atom is -0.481 e. The second-order valence-corrected chi connectivity index (χ2v) is 9.77. The van der Waals surface area contributed by atoms with Gasteiger partial charge in [0.15, 0.2) is 0 Å². The quantitative estimate of drug-likeness (QED) is 0.637. The summed E-state index contributed by atoms with van der Waals surface area (Å²) in [5.41, 5.74) is 1.56. The Bertz CT molecular complexity index is 846. The number of aryl methyl sites for hydroxylation is 1. The van der Waals surface area contributed by atoms with Crippen molar-refractivity contribution < 1.29 is 14.7 Å². The first kappa shape index (κ1) is 23.6. The summed E-state index contributed by atoms with van der Waals surface area (Å²) in [7, 11) is 0. The minimum atomic E-state index is -0.825. The van der Waals surface area contributed by atoms with Gasteiger partial charge in [0.25, 0.3) is 11.5 Å². The Morgan fingerprint density at radius 3 is 2.39 bits per heavy atom. The van der Waals surface area contributed by atoms with Gasteiger partial charge in [0.2, 0.25) is 0 Å². The van der Waals surface area contributed by atoms with Gasteiger partial charge in [-0.1, -0.05) is 45.4 Å². The molecule has 0 aliphatic heterocycles. The smallest absolute Gasteiger partial charge is 0.303 e. The lowest BCUT2D eigenvalue weighted by atomic mass is 9.71. The summed E-state index contributed by atoms with van der Waals surface area (Å²) in [5, 5.41) is 12.3. The first-order valence-electron chi connectivity index (χ1n) is 12.1. The van der Waals surface area contributed by atoms with Crippen LogP contribution in [0.1, 0.15) is 99.2 Å². The van der Waals surface area contributed by atoms with Crippen LogP contribution < -0.4 is 10.9 Å². The van der Waals surface area contributed by atoms with E-state index in [1.165, 1.54) is 19.3 Å². The number of carboxylic acids is 1. The fourth-order valence-electron chi connectivity index (χ4n) is 5.70. The van der Waals surface area contributed by atoms with Crippen LogP contribution in [-0.2, 0) is 17.8 Å². The number of hydrogen-bond acceptors (Lipinski definition) is 3. The van der Waals surface area contributed by atoms with Crippen molar-refractivity contribution in [2.24, 2.45) is 11.3 Å². The average Bonchev–Trinajstić information content (AvgIpc) is 2.75. The molecule has 0 unspecified atom stereocenters. The highest BCUT2D eigenvalue weighted by molar-refractivity contribution is 5.94. The molecule has 0 saturated heterocycles. The molecule has 1 aromatic rings. The van der Waals surface area contributed by atoms with E-state index in [-0.39, 0.29) is 23.5 Å². The molecule has 0 atom stereocenters. The van der Waals surface area contributed by atoms with Gasteiger partial charge in [0.1, 0.15) is 5.56 Å². The van der Waals surface area contributed by atoms with Crippen LogP contribution >= 0.6 is 0 Å². The van der Waals surface area contributed by atoms with Crippen LogP contribution in [-0.4, -0.2) is 28.1 Å². The van der Waals surface area contributed by atoms with Crippen LogP contribution in [0.15, 0.2) is 10.9 Å². The van der Waals surface area contributed by atoms with Gasteiger partial charge in [-0.2, -0.15) is 0 Å². The average molecular weight is 431 g/mol. The number of carbonyl (C=O) groups excluding carboxylic acids is 1. The standard InChI is InChI=1S/C25H38N2O4/c1-3-21-18(2)14-20(24(31)27(21)16-19-10-6-4-7-11-19)23(30)26-17-25(15-22(28)29)12-8-5-9-13-25/h14,19H,3-13,15-17H2,1-2H3,(H,26,30)(H,28,29). The van der Waals surface area contributed by atoms with E-state index >= 15 is 0 Å². The Kier molecular flexibility index (Phi) is 7.95. The normalized spacial score (nSPS) is 19.2. The summed E-state index contributed by atoms with van der Waals surface area (Å²) >= 11 is 0. The molecule has 2 saturated carbocycles. The minimum absolute atomic E-state index is 0.0625. The number of carbonyl (C=O) groups is 2. The van der Waals surface area contributed by atoms with Crippen LogP contribution in [0.5, 0.6) is 0 Å². The highest BCUT2D eigenvalue weighted by Crippen LogP contribution is 2.38. The van der Waals surface area contributed by atoms with Crippen molar-refractivity contribution in [1.82, 2.24) is 9.88 Å². The maximum absolute atomic E-state index is 13.3. The van der Waals surface area contributed by atoms with Gasteiger partial charge >= 0.3 is 5.97 Å². The molecule has 6 nitrogen and oxygen atoms in total. The molecule has 0 aromatic carbocycles. The summed E-state index contributed by atoms with van der Waals surface area (Å²) in [6.45, 7) is 5.03. The van der Waals surface area contributed by atoms with Gasteiger partial charge in [-0.15, -0.1) is 0 Å². The summed E-state index contributed by atoms with van der Waals surface area (Å²) < 4.78 is 1.84. The maximum atomic E-state index is 13.3. The number of nitrogens with zero attached hydrogens (tertiary/aromatic N) is 1. The van der Waals surface area contributed by atoms with E-state index in [1.54, 1.807) is 6.07 Å². The predicted octanol–water partition coefficient (Wildman–Crippen LogP) is 4.45. The lowest BCUT2D eigenvalue weighted by Gasteiger charge is -2.36. The molecule has 0 bridgehead atoms. The molecule has 3 rings (SSSR count). The van der Waals surface area contributed by atoms with Crippen molar-refractivity contribution in [3.8, 4) is 0 Å². The number of rotatable bonds is 8. The monoisotopic (exact) mass is 430 g/mol. The zero-order valence-electron chi connectivity index (χ0n) is 19.2. The lowest BCUT2D eigenvalue weighted by Crippen LogP contribution is -2.43. The Hall–Kier alpha value is -2.11. The van der Waals surface area contributed by atoms with Gasteiger partial charge in [-0.3, -0.25) is 14.4 Å². The predicted molar refractivity (Wildman–Crippen MR) is 121 cm³/mol. The van der Waals surface area contributed by atoms with E-state index < -0.39 is 11.4 Å². The first-order valence-corrected chi connectivity index (χ1v) is 12.1. The molecule has 1 amide bonds. The summed E-state index contributed by atoms with van der Waals surface area (Å²) in [5.74, 6) is -0.701. The molecule has 172 valence electrons. The van der Waals surface area contributed by atoms with E-state index in [1.807, 2.05) is 11.5 Å². The Morgan fingerprint density at radius 1 is 1.13 bits per heavy atom.